The number of aromatic nitrogens is 2. The first kappa shape index (κ1) is 17.6. The van der Waals surface area contributed by atoms with Gasteiger partial charge in [-0.15, -0.1) is 11.3 Å². The van der Waals surface area contributed by atoms with Crippen LogP contribution in [-0.4, -0.2) is 21.3 Å². The van der Waals surface area contributed by atoms with Crippen LogP contribution >= 0.6 is 11.3 Å². The summed E-state index contributed by atoms with van der Waals surface area (Å²) in [6, 6.07) is 15.1. The zero-order chi connectivity index (χ0) is 18.8. The summed E-state index contributed by atoms with van der Waals surface area (Å²) in [5.41, 5.74) is 3.54. The van der Waals surface area contributed by atoms with Crippen LogP contribution < -0.4 is 9.46 Å². The standard InChI is InChI=1S/C20H17N3O2S2/c1-13-11-14(7-8-18(13)25-2)27(24)23-16-6-4-3-5-15(16)20-22-17-9-10-21-12-19(17)26-20/h3-12,23H,1-2H3. The summed E-state index contributed by atoms with van der Waals surface area (Å²) in [7, 11) is 0.228. The fraction of sp³-hybridized carbons (Fsp3) is 0.100. The molecule has 27 heavy (non-hydrogen) atoms. The second-order valence-electron chi connectivity index (χ2n) is 5.91. The highest BCUT2D eigenvalue weighted by Gasteiger charge is 2.13. The molecule has 2 aromatic carbocycles. The summed E-state index contributed by atoms with van der Waals surface area (Å²) in [4.78, 5) is 9.52. The van der Waals surface area contributed by atoms with Gasteiger partial charge in [0.05, 0.1) is 27.9 Å². The molecule has 0 saturated heterocycles. The molecule has 1 N–H and O–H groups in total. The van der Waals surface area contributed by atoms with Gasteiger partial charge in [0.25, 0.3) is 0 Å². The van der Waals surface area contributed by atoms with Gasteiger partial charge in [0, 0.05) is 18.0 Å². The van der Waals surface area contributed by atoms with E-state index in [1.54, 1.807) is 30.7 Å². The second kappa shape index (κ2) is 7.46. The van der Waals surface area contributed by atoms with Gasteiger partial charge in [0.1, 0.15) is 21.7 Å². The Labute approximate surface area is 163 Å². The van der Waals surface area contributed by atoms with Gasteiger partial charge in [0.2, 0.25) is 0 Å². The van der Waals surface area contributed by atoms with Gasteiger partial charge < -0.3 is 9.46 Å². The molecule has 0 bridgehead atoms. The molecule has 0 amide bonds. The Kier molecular flexibility index (Phi) is 4.87. The third-order valence-corrected chi connectivity index (χ3v) is 6.26. The molecule has 136 valence electrons. The zero-order valence-corrected chi connectivity index (χ0v) is 16.4. The molecule has 7 heteroatoms. The van der Waals surface area contributed by atoms with Crippen LogP contribution in [0.25, 0.3) is 20.8 Å². The van der Waals surface area contributed by atoms with Gasteiger partial charge >= 0.3 is 0 Å². The number of aryl methyl sites for hydroxylation is 1. The summed E-state index contributed by atoms with van der Waals surface area (Å²) in [5.74, 6) is 0.777. The third kappa shape index (κ3) is 3.56. The van der Waals surface area contributed by atoms with Crippen LogP contribution in [0, 0.1) is 6.92 Å². The lowest BCUT2D eigenvalue weighted by Gasteiger charge is -2.11. The third-order valence-electron chi connectivity index (χ3n) is 4.13. The molecule has 4 aromatic rings. The van der Waals surface area contributed by atoms with Gasteiger partial charge in [-0.1, -0.05) is 12.1 Å². The SMILES string of the molecule is COc1ccc(S(=O)Nc2ccccc2-c2nc3ccncc3s2)cc1C. The van der Waals surface area contributed by atoms with E-state index >= 15 is 0 Å². The fourth-order valence-corrected chi connectivity index (χ4v) is 4.72. The number of methoxy groups -OCH3 is 1. The lowest BCUT2D eigenvalue weighted by atomic mass is 10.2. The van der Waals surface area contributed by atoms with Gasteiger partial charge in [-0.05, 0) is 48.9 Å². The van der Waals surface area contributed by atoms with Crippen molar-refractivity contribution < 1.29 is 8.95 Å². The predicted octanol–water partition coefficient (Wildman–Crippen LogP) is 4.81. The van der Waals surface area contributed by atoms with Crippen LogP contribution in [0.2, 0.25) is 0 Å². The van der Waals surface area contributed by atoms with Gasteiger partial charge in [0.15, 0.2) is 0 Å². The first-order valence-electron chi connectivity index (χ1n) is 8.29. The molecule has 5 nitrogen and oxygen atoms in total. The van der Waals surface area contributed by atoms with Crippen molar-refractivity contribution in [2.75, 3.05) is 11.8 Å². The van der Waals surface area contributed by atoms with E-state index in [1.165, 1.54) is 0 Å². The van der Waals surface area contributed by atoms with Crippen molar-refractivity contribution in [3.05, 3.63) is 66.5 Å². The topological polar surface area (TPSA) is 64.1 Å². The maximum atomic E-state index is 12.9. The van der Waals surface area contributed by atoms with Crippen molar-refractivity contribution in [3.8, 4) is 16.3 Å². The Morgan fingerprint density at radius 1 is 1.15 bits per heavy atom. The van der Waals surface area contributed by atoms with Gasteiger partial charge in [-0.3, -0.25) is 4.98 Å². The normalized spacial score (nSPS) is 12.1. The largest absolute Gasteiger partial charge is 0.496 e. The van der Waals surface area contributed by atoms with Crippen LogP contribution in [0.1, 0.15) is 5.56 Å². The molecular weight excluding hydrogens is 378 g/mol. The number of nitrogens with zero attached hydrogens (tertiary/aromatic N) is 2. The van der Waals surface area contributed by atoms with Crippen molar-refractivity contribution in [1.82, 2.24) is 9.97 Å². The number of thiazole rings is 1. The first-order valence-corrected chi connectivity index (χ1v) is 10.3. The Bertz CT molecular complexity index is 1110. The molecule has 1 unspecified atom stereocenters. The van der Waals surface area contributed by atoms with Crippen molar-refractivity contribution in [2.24, 2.45) is 0 Å². The number of rotatable bonds is 5. The predicted molar refractivity (Wildman–Crippen MR) is 111 cm³/mol. The quantitative estimate of drug-likeness (QED) is 0.527. The van der Waals surface area contributed by atoms with Crippen LogP contribution in [-0.2, 0) is 11.0 Å². The summed E-state index contributed by atoms with van der Waals surface area (Å²) in [5, 5.41) is 0.865. The molecule has 2 heterocycles. The Morgan fingerprint density at radius 3 is 2.78 bits per heavy atom. The van der Waals surface area contributed by atoms with Gasteiger partial charge in [-0.2, -0.15) is 0 Å². The molecule has 0 spiro atoms. The lowest BCUT2D eigenvalue weighted by Crippen LogP contribution is -2.06. The number of benzene rings is 2. The Hall–Kier alpha value is -2.77. The van der Waals surface area contributed by atoms with E-state index in [0.29, 0.717) is 4.90 Å². The van der Waals surface area contributed by atoms with Gasteiger partial charge in [-0.25, -0.2) is 9.19 Å². The van der Waals surface area contributed by atoms with Crippen molar-refractivity contribution in [3.63, 3.8) is 0 Å². The average molecular weight is 396 g/mol. The van der Waals surface area contributed by atoms with Crippen LogP contribution in [0.15, 0.2) is 65.8 Å². The van der Waals surface area contributed by atoms with E-state index in [0.717, 1.165) is 37.8 Å². The number of fused-ring (bicyclic) bond motifs is 1. The van der Waals surface area contributed by atoms with Crippen molar-refractivity contribution >= 4 is 38.2 Å². The smallest absolute Gasteiger partial charge is 0.150 e. The minimum Gasteiger partial charge on any atom is -0.496 e. The number of ether oxygens (including phenoxy) is 1. The minimum atomic E-state index is -1.40. The molecule has 2 aromatic heterocycles. The number of hydrogen-bond donors (Lipinski definition) is 1. The molecule has 0 radical (unpaired) electrons. The number of pyridine rings is 1. The van der Waals surface area contributed by atoms with Crippen LogP contribution in [0.4, 0.5) is 5.69 Å². The first-order chi connectivity index (χ1) is 13.2. The fourth-order valence-electron chi connectivity index (χ4n) is 2.78. The molecule has 0 fully saturated rings. The van der Waals surface area contributed by atoms with Crippen molar-refractivity contribution in [2.45, 2.75) is 11.8 Å². The molecule has 0 aliphatic carbocycles. The summed E-state index contributed by atoms with van der Waals surface area (Å²) in [6.45, 7) is 1.93. The van der Waals surface area contributed by atoms with Crippen LogP contribution in [0.3, 0.4) is 0 Å². The highest BCUT2D eigenvalue weighted by atomic mass is 32.2. The molecule has 0 saturated carbocycles. The zero-order valence-electron chi connectivity index (χ0n) is 14.8. The minimum absolute atomic E-state index is 0.691. The summed E-state index contributed by atoms with van der Waals surface area (Å²) < 4.78 is 22.3. The molecular formula is C20H17N3O2S2. The highest BCUT2D eigenvalue weighted by Crippen LogP contribution is 2.34. The van der Waals surface area contributed by atoms with E-state index in [2.05, 4.69) is 14.7 Å². The Morgan fingerprint density at radius 2 is 2.00 bits per heavy atom. The van der Waals surface area contributed by atoms with E-state index in [1.807, 2.05) is 55.6 Å². The number of para-hydroxylation sites is 1. The maximum Gasteiger partial charge on any atom is 0.150 e. The maximum absolute atomic E-state index is 12.9. The van der Waals surface area contributed by atoms with E-state index in [9.17, 15) is 4.21 Å². The van der Waals surface area contributed by atoms with Crippen LogP contribution in [0.5, 0.6) is 5.75 Å². The monoisotopic (exact) mass is 395 g/mol. The summed E-state index contributed by atoms with van der Waals surface area (Å²) >= 11 is 1.57. The number of nitrogens with one attached hydrogen (secondary N) is 1. The highest BCUT2D eigenvalue weighted by molar-refractivity contribution is 7.86. The number of hydrogen-bond acceptors (Lipinski definition) is 5. The second-order valence-corrected chi connectivity index (χ2v) is 8.15. The van der Waals surface area contributed by atoms with Crippen molar-refractivity contribution in [1.29, 1.82) is 0 Å². The van der Waals surface area contributed by atoms with E-state index in [4.69, 9.17) is 4.74 Å². The molecule has 4 rings (SSSR count). The molecule has 0 aliphatic heterocycles. The molecule has 1 atom stereocenters. The van der Waals surface area contributed by atoms with E-state index in [-0.39, 0.29) is 0 Å². The average Bonchev–Trinajstić information content (AvgIpc) is 3.12. The number of anilines is 1. The molecule has 0 aliphatic rings. The summed E-state index contributed by atoms with van der Waals surface area (Å²) in [6.07, 6.45) is 3.54. The lowest BCUT2D eigenvalue weighted by molar-refractivity contribution is 0.411. The Balaban J connectivity index is 1.67. The van der Waals surface area contributed by atoms with E-state index < -0.39 is 11.0 Å².